The Hall–Kier alpha value is -1.66. The maximum atomic E-state index is 11.6. The maximum absolute atomic E-state index is 11.6. The lowest BCUT2D eigenvalue weighted by Gasteiger charge is -2.23. The van der Waals surface area contributed by atoms with Gasteiger partial charge in [-0.2, -0.15) is 0 Å². The molecule has 0 radical (unpaired) electrons. The van der Waals surface area contributed by atoms with Crippen molar-refractivity contribution in [2.45, 2.75) is 33.4 Å². The Morgan fingerprint density at radius 1 is 1.52 bits per heavy atom. The van der Waals surface area contributed by atoms with Crippen molar-refractivity contribution in [2.24, 2.45) is 0 Å². The smallest absolute Gasteiger partial charge is 0.320 e. The van der Waals surface area contributed by atoms with Crippen molar-refractivity contribution in [3.05, 3.63) is 29.3 Å². The molecular formula is C15H20N2O3S. The van der Waals surface area contributed by atoms with E-state index in [1.807, 2.05) is 49.3 Å². The second-order valence-corrected chi connectivity index (χ2v) is 5.91. The molecule has 0 saturated carbocycles. The molecular weight excluding hydrogens is 288 g/mol. The molecule has 2 rings (SSSR count). The molecule has 0 spiro atoms. The highest BCUT2D eigenvalue weighted by Gasteiger charge is 2.17. The van der Waals surface area contributed by atoms with Crippen molar-refractivity contribution in [3.63, 3.8) is 0 Å². The highest BCUT2D eigenvalue weighted by Crippen LogP contribution is 2.25. The second-order valence-electron chi connectivity index (χ2n) is 4.96. The van der Waals surface area contributed by atoms with Crippen molar-refractivity contribution in [2.75, 3.05) is 13.2 Å². The van der Waals surface area contributed by atoms with Crippen LogP contribution >= 0.6 is 11.3 Å². The first kappa shape index (κ1) is 15.7. The van der Waals surface area contributed by atoms with E-state index in [2.05, 4.69) is 5.16 Å². The SMILES string of the molecule is CCOC(=O)CN(Cc1cc(-c2cccs2)on1)C(C)C. The summed E-state index contributed by atoms with van der Waals surface area (Å²) >= 11 is 1.61. The van der Waals surface area contributed by atoms with Gasteiger partial charge in [0.2, 0.25) is 0 Å². The van der Waals surface area contributed by atoms with Gasteiger partial charge in [-0.1, -0.05) is 11.2 Å². The molecule has 0 aliphatic rings. The average Bonchev–Trinajstić information content (AvgIpc) is 3.08. The minimum Gasteiger partial charge on any atom is -0.465 e. The summed E-state index contributed by atoms with van der Waals surface area (Å²) in [6, 6.07) is 6.11. The van der Waals surface area contributed by atoms with Crippen LogP contribution in [0.3, 0.4) is 0 Å². The van der Waals surface area contributed by atoms with E-state index in [1.54, 1.807) is 11.3 Å². The number of hydrogen-bond donors (Lipinski definition) is 0. The van der Waals surface area contributed by atoms with Crippen molar-refractivity contribution >= 4 is 17.3 Å². The van der Waals surface area contributed by atoms with Crippen molar-refractivity contribution in [1.82, 2.24) is 10.1 Å². The summed E-state index contributed by atoms with van der Waals surface area (Å²) in [5.74, 6) is 0.549. The van der Waals surface area contributed by atoms with Gasteiger partial charge in [-0.25, -0.2) is 0 Å². The highest BCUT2D eigenvalue weighted by atomic mass is 32.1. The van der Waals surface area contributed by atoms with Crippen LogP contribution in [0, 0.1) is 0 Å². The Labute approximate surface area is 128 Å². The molecule has 0 saturated heterocycles. The van der Waals surface area contributed by atoms with Crippen LogP contribution in [-0.2, 0) is 16.1 Å². The number of nitrogens with zero attached hydrogens (tertiary/aromatic N) is 2. The number of carbonyl (C=O) groups excluding carboxylic acids is 1. The number of carbonyl (C=O) groups is 1. The number of thiophene rings is 1. The zero-order valence-corrected chi connectivity index (χ0v) is 13.4. The molecule has 2 aromatic rings. The van der Waals surface area contributed by atoms with Crippen LogP contribution in [0.15, 0.2) is 28.1 Å². The molecule has 21 heavy (non-hydrogen) atoms. The molecule has 0 fully saturated rings. The van der Waals surface area contributed by atoms with Crippen molar-refractivity contribution < 1.29 is 14.1 Å². The van der Waals surface area contributed by atoms with Crippen LogP contribution < -0.4 is 0 Å². The molecule has 2 heterocycles. The molecule has 0 amide bonds. The van der Waals surface area contributed by atoms with Gasteiger partial charge in [-0.05, 0) is 32.2 Å². The van der Waals surface area contributed by atoms with Crippen molar-refractivity contribution in [1.29, 1.82) is 0 Å². The van der Waals surface area contributed by atoms with Crippen LogP contribution in [0.25, 0.3) is 10.6 Å². The van der Waals surface area contributed by atoms with E-state index in [0.29, 0.717) is 13.2 Å². The molecule has 114 valence electrons. The summed E-state index contributed by atoms with van der Waals surface area (Å²) < 4.78 is 10.4. The lowest BCUT2D eigenvalue weighted by Crippen LogP contribution is -2.36. The summed E-state index contributed by atoms with van der Waals surface area (Å²) in [5.41, 5.74) is 0.816. The Bertz CT molecular complexity index is 563. The monoisotopic (exact) mass is 308 g/mol. The van der Waals surface area contributed by atoms with Gasteiger partial charge in [-0.15, -0.1) is 11.3 Å². The Kier molecular flexibility index (Phi) is 5.52. The minimum absolute atomic E-state index is 0.215. The molecule has 0 aliphatic heterocycles. The van der Waals surface area contributed by atoms with Crippen LogP contribution in [0.2, 0.25) is 0 Å². The van der Waals surface area contributed by atoms with E-state index in [-0.39, 0.29) is 18.6 Å². The zero-order chi connectivity index (χ0) is 15.2. The van der Waals surface area contributed by atoms with Gasteiger partial charge >= 0.3 is 5.97 Å². The largest absolute Gasteiger partial charge is 0.465 e. The van der Waals surface area contributed by atoms with Crippen molar-refractivity contribution in [3.8, 4) is 10.6 Å². The molecule has 0 aromatic carbocycles. The van der Waals surface area contributed by atoms with Gasteiger partial charge in [0.1, 0.15) is 0 Å². The van der Waals surface area contributed by atoms with Gasteiger partial charge in [0, 0.05) is 18.7 Å². The highest BCUT2D eigenvalue weighted by molar-refractivity contribution is 7.13. The van der Waals surface area contributed by atoms with Gasteiger partial charge in [0.05, 0.1) is 23.7 Å². The average molecular weight is 308 g/mol. The number of aromatic nitrogens is 1. The van der Waals surface area contributed by atoms with E-state index in [4.69, 9.17) is 9.26 Å². The first-order valence-electron chi connectivity index (χ1n) is 6.99. The van der Waals surface area contributed by atoms with E-state index in [9.17, 15) is 4.79 Å². The fourth-order valence-electron chi connectivity index (χ4n) is 1.92. The zero-order valence-electron chi connectivity index (χ0n) is 12.5. The topological polar surface area (TPSA) is 55.6 Å². The first-order valence-corrected chi connectivity index (χ1v) is 7.87. The number of rotatable bonds is 7. The van der Waals surface area contributed by atoms with E-state index >= 15 is 0 Å². The van der Waals surface area contributed by atoms with E-state index < -0.39 is 0 Å². The Morgan fingerprint density at radius 2 is 2.33 bits per heavy atom. The van der Waals surface area contributed by atoms with Gasteiger partial charge in [0.15, 0.2) is 5.76 Å². The quantitative estimate of drug-likeness (QED) is 0.735. The molecule has 0 N–H and O–H groups in total. The predicted octanol–water partition coefficient (Wildman–Crippen LogP) is 3.18. The number of hydrogen-bond acceptors (Lipinski definition) is 6. The summed E-state index contributed by atoms with van der Waals surface area (Å²) in [6.45, 7) is 7.11. The number of ether oxygens (including phenoxy) is 1. The molecule has 6 heteroatoms. The Balaban J connectivity index is 2.02. The van der Waals surface area contributed by atoms with E-state index in [0.717, 1.165) is 16.3 Å². The third-order valence-corrected chi connectivity index (χ3v) is 3.94. The summed E-state index contributed by atoms with van der Waals surface area (Å²) in [7, 11) is 0. The summed E-state index contributed by atoms with van der Waals surface area (Å²) in [5, 5.41) is 6.08. The summed E-state index contributed by atoms with van der Waals surface area (Å²) in [6.07, 6.45) is 0. The third-order valence-electron chi connectivity index (χ3n) is 3.06. The van der Waals surface area contributed by atoms with Gasteiger partial charge < -0.3 is 9.26 Å². The lowest BCUT2D eigenvalue weighted by atomic mass is 10.2. The maximum Gasteiger partial charge on any atom is 0.320 e. The van der Waals surface area contributed by atoms with Crippen LogP contribution in [-0.4, -0.2) is 35.2 Å². The third kappa shape index (κ3) is 4.41. The van der Waals surface area contributed by atoms with Crippen LogP contribution in [0.1, 0.15) is 26.5 Å². The van der Waals surface area contributed by atoms with Crippen LogP contribution in [0.5, 0.6) is 0 Å². The molecule has 0 bridgehead atoms. The predicted molar refractivity (Wildman–Crippen MR) is 82.0 cm³/mol. The molecule has 0 aliphatic carbocycles. The molecule has 5 nitrogen and oxygen atoms in total. The fourth-order valence-corrected chi connectivity index (χ4v) is 2.60. The fraction of sp³-hybridized carbons (Fsp3) is 0.467. The lowest BCUT2D eigenvalue weighted by molar-refractivity contribution is -0.145. The first-order chi connectivity index (χ1) is 10.1. The summed E-state index contributed by atoms with van der Waals surface area (Å²) in [4.78, 5) is 14.7. The molecule has 2 aromatic heterocycles. The molecule has 0 unspecified atom stereocenters. The van der Waals surface area contributed by atoms with Gasteiger partial charge in [0.25, 0.3) is 0 Å². The molecule has 0 atom stereocenters. The standard InChI is InChI=1S/C15H20N2O3S/c1-4-19-15(18)10-17(11(2)3)9-12-8-13(20-16-12)14-6-5-7-21-14/h5-8,11H,4,9-10H2,1-3H3. The normalized spacial score (nSPS) is 11.3. The minimum atomic E-state index is -0.215. The second kappa shape index (κ2) is 7.38. The van der Waals surface area contributed by atoms with Crippen LogP contribution in [0.4, 0.5) is 0 Å². The van der Waals surface area contributed by atoms with Gasteiger partial charge in [-0.3, -0.25) is 9.69 Å². The Morgan fingerprint density at radius 3 is 2.95 bits per heavy atom. The van der Waals surface area contributed by atoms with E-state index in [1.165, 1.54) is 0 Å². The number of esters is 1.